The zero-order chi connectivity index (χ0) is 11.3. The van der Waals surface area contributed by atoms with Crippen LogP contribution in [0.3, 0.4) is 0 Å². The molecule has 4 nitrogen and oxygen atoms in total. The molecule has 0 radical (unpaired) electrons. The summed E-state index contributed by atoms with van der Waals surface area (Å²) in [6.07, 6.45) is 6.53. The van der Waals surface area contributed by atoms with E-state index in [2.05, 4.69) is 30.5 Å². The van der Waals surface area contributed by atoms with Gasteiger partial charge in [-0.1, -0.05) is 19.9 Å². The highest BCUT2D eigenvalue weighted by Crippen LogP contribution is 2.22. The molecule has 1 aliphatic carbocycles. The number of nitrogens with one attached hydrogen (secondary N) is 1. The fourth-order valence-electron chi connectivity index (χ4n) is 1.74. The molecule has 2 amide bonds. The predicted octanol–water partition coefficient (Wildman–Crippen LogP) is 2.17. The highest BCUT2D eigenvalue weighted by molar-refractivity contribution is 6.01. The zero-order valence-electron chi connectivity index (χ0n) is 9.42. The van der Waals surface area contributed by atoms with Crippen LogP contribution in [0.2, 0.25) is 0 Å². The molecule has 1 saturated carbocycles. The first-order valence-electron chi connectivity index (χ1n) is 5.42. The summed E-state index contributed by atoms with van der Waals surface area (Å²) in [6, 6.07) is -0.600. The third-order valence-electron chi connectivity index (χ3n) is 2.32. The maximum absolute atomic E-state index is 10.6. The Kier molecular flexibility index (Phi) is 4.34. The van der Waals surface area contributed by atoms with E-state index in [9.17, 15) is 4.79 Å². The first kappa shape index (κ1) is 11.8. The van der Waals surface area contributed by atoms with E-state index in [0.29, 0.717) is 5.92 Å². The van der Waals surface area contributed by atoms with Gasteiger partial charge in [-0.15, -0.1) is 0 Å². The molecule has 1 fully saturated rings. The second-order valence-electron chi connectivity index (χ2n) is 4.18. The minimum absolute atomic E-state index is 0.511. The molecule has 0 atom stereocenters. The van der Waals surface area contributed by atoms with E-state index >= 15 is 0 Å². The Morgan fingerprint density at radius 3 is 2.73 bits per heavy atom. The molecule has 84 valence electrons. The van der Waals surface area contributed by atoms with Crippen molar-refractivity contribution in [3.63, 3.8) is 0 Å². The maximum Gasteiger partial charge on any atom is 0.332 e. The fraction of sp³-hybridized carbons (Fsp3) is 0.636. The molecule has 0 aromatic heterocycles. The number of urea groups is 1. The zero-order valence-corrected chi connectivity index (χ0v) is 9.42. The van der Waals surface area contributed by atoms with E-state index in [1.807, 2.05) is 0 Å². The van der Waals surface area contributed by atoms with Crippen molar-refractivity contribution in [3.05, 3.63) is 11.6 Å². The summed E-state index contributed by atoms with van der Waals surface area (Å²) in [5.74, 6) is 0.511. The number of rotatable bonds is 2. The van der Waals surface area contributed by atoms with Gasteiger partial charge < -0.3 is 5.73 Å². The van der Waals surface area contributed by atoms with Crippen molar-refractivity contribution < 1.29 is 4.79 Å². The van der Waals surface area contributed by atoms with Gasteiger partial charge in [-0.2, -0.15) is 5.10 Å². The Balaban J connectivity index is 2.73. The van der Waals surface area contributed by atoms with Crippen LogP contribution in [-0.2, 0) is 0 Å². The van der Waals surface area contributed by atoms with Crippen LogP contribution in [0.15, 0.2) is 16.8 Å². The molecular weight excluding hydrogens is 190 g/mol. The van der Waals surface area contributed by atoms with Gasteiger partial charge in [0, 0.05) is 0 Å². The molecule has 15 heavy (non-hydrogen) atoms. The Labute approximate surface area is 90.6 Å². The Morgan fingerprint density at radius 1 is 1.47 bits per heavy atom. The lowest BCUT2D eigenvalue weighted by Gasteiger charge is -2.17. The van der Waals surface area contributed by atoms with Gasteiger partial charge in [-0.25, -0.2) is 10.2 Å². The lowest BCUT2D eigenvalue weighted by molar-refractivity contribution is 0.249. The van der Waals surface area contributed by atoms with Crippen LogP contribution in [-0.4, -0.2) is 11.7 Å². The van der Waals surface area contributed by atoms with Gasteiger partial charge in [-0.05, 0) is 37.2 Å². The molecule has 0 unspecified atom stereocenters. The van der Waals surface area contributed by atoms with Crippen molar-refractivity contribution in [2.45, 2.75) is 39.5 Å². The van der Waals surface area contributed by atoms with Gasteiger partial charge in [0.05, 0.1) is 5.71 Å². The average Bonchev–Trinajstić information content (AvgIpc) is 2.15. The number of nitrogens with two attached hydrogens (primary N) is 1. The third kappa shape index (κ3) is 4.14. The summed E-state index contributed by atoms with van der Waals surface area (Å²) in [7, 11) is 0. The van der Waals surface area contributed by atoms with Crippen molar-refractivity contribution in [2.24, 2.45) is 16.8 Å². The van der Waals surface area contributed by atoms with Crippen LogP contribution >= 0.6 is 0 Å². The summed E-state index contributed by atoms with van der Waals surface area (Å²) in [5, 5.41) is 4.04. The van der Waals surface area contributed by atoms with Crippen LogP contribution in [0.25, 0.3) is 0 Å². The number of carbonyl (C=O) groups excluding carboxylic acids is 1. The number of primary amides is 1. The summed E-state index contributed by atoms with van der Waals surface area (Å²) >= 11 is 0. The molecule has 0 aromatic rings. The van der Waals surface area contributed by atoms with E-state index in [0.717, 1.165) is 25.0 Å². The number of amides is 2. The Morgan fingerprint density at radius 2 is 2.13 bits per heavy atom. The molecule has 1 rings (SSSR count). The SMILES string of the molecule is CC(C)C=C1CCCCC1=NNC(N)=O. The first-order valence-corrected chi connectivity index (χ1v) is 5.42. The van der Waals surface area contributed by atoms with Crippen molar-refractivity contribution in [2.75, 3.05) is 0 Å². The van der Waals surface area contributed by atoms with Crippen LogP contribution in [0, 0.1) is 5.92 Å². The number of hydrazone groups is 1. The molecule has 1 aliphatic rings. The number of nitrogens with zero attached hydrogens (tertiary/aromatic N) is 1. The van der Waals surface area contributed by atoms with Crippen molar-refractivity contribution in [3.8, 4) is 0 Å². The van der Waals surface area contributed by atoms with Crippen LogP contribution in [0.5, 0.6) is 0 Å². The van der Waals surface area contributed by atoms with Crippen LogP contribution in [0.4, 0.5) is 4.79 Å². The molecular formula is C11H19N3O. The number of allylic oxidation sites excluding steroid dienone is 2. The van der Waals surface area contributed by atoms with Gasteiger partial charge in [0.25, 0.3) is 0 Å². The van der Waals surface area contributed by atoms with Crippen molar-refractivity contribution >= 4 is 11.7 Å². The van der Waals surface area contributed by atoms with E-state index in [4.69, 9.17) is 5.73 Å². The standard InChI is InChI=1S/C11H19N3O/c1-8(2)7-9-5-3-4-6-10(9)13-14-11(12)15/h7-8H,3-6H2,1-2H3,(H3,12,14,15). The molecule has 3 N–H and O–H groups in total. The van der Waals surface area contributed by atoms with Gasteiger partial charge in [-0.3, -0.25) is 0 Å². The minimum Gasteiger partial charge on any atom is -0.350 e. The van der Waals surface area contributed by atoms with E-state index in [1.165, 1.54) is 12.0 Å². The van der Waals surface area contributed by atoms with Crippen LogP contribution < -0.4 is 11.2 Å². The van der Waals surface area contributed by atoms with E-state index in [-0.39, 0.29) is 0 Å². The molecule has 0 bridgehead atoms. The topological polar surface area (TPSA) is 67.5 Å². The molecule has 0 heterocycles. The summed E-state index contributed by atoms with van der Waals surface area (Å²) < 4.78 is 0. The average molecular weight is 209 g/mol. The number of hydrogen-bond donors (Lipinski definition) is 2. The largest absolute Gasteiger partial charge is 0.350 e. The van der Waals surface area contributed by atoms with E-state index in [1.54, 1.807) is 0 Å². The number of carbonyl (C=O) groups is 1. The molecule has 0 aromatic carbocycles. The smallest absolute Gasteiger partial charge is 0.332 e. The van der Waals surface area contributed by atoms with Crippen LogP contribution in [0.1, 0.15) is 39.5 Å². The molecule has 0 aliphatic heterocycles. The quantitative estimate of drug-likeness (QED) is 0.672. The second kappa shape index (κ2) is 5.53. The lowest BCUT2D eigenvalue weighted by atomic mass is 9.91. The Bertz CT molecular complexity index is 292. The van der Waals surface area contributed by atoms with Gasteiger partial charge in [0.2, 0.25) is 0 Å². The summed E-state index contributed by atoms with van der Waals surface area (Å²) in [5.41, 5.74) is 9.52. The number of hydrogen-bond acceptors (Lipinski definition) is 2. The monoisotopic (exact) mass is 209 g/mol. The lowest BCUT2D eigenvalue weighted by Crippen LogP contribution is -2.26. The maximum atomic E-state index is 10.6. The van der Waals surface area contributed by atoms with Gasteiger partial charge in [0.15, 0.2) is 0 Å². The van der Waals surface area contributed by atoms with Gasteiger partial charge in [0.1, 0.15) is 0 Å². The van der Waals surface area contributed by atoms with Gasteiger partial charge >= 0.3 is 6.03 Å². The third-order valence-corrected chi connectivity index (χ3v) is 2.32. The van der Waals surface area contributed by atoms with E-state index < -0.39 is 6.03 Å². The predicted molar refractivity (Wildman–Crippen MR) is 61.5 cm³/mol. The molecule has 0 spiro atoms. The molecule has 0 saturated heterocycles. The fourth-order valence-corrected chi connectivity index (χ4v) is 1.74. The normalized spacial score (nSPS) is 22.3. The highest BCUT2D eigenvalue weighted by atomic mass is 16.2. The summed E-state index contributed by atoms with van der Waals surface area (Å²) in [6.45, 7) is 4.28. The summed E-state index contributed by atoms with van der Waals surface area (Å²) in [4.78, 5) is 10.6. The Hall–Kier alpha value is -1.32. The first-order chi connectivity index (χ1) is 7.09. The molecule has 4 heteroatoms. The van der Waals surface area contributed by atoms with Crippen molar-refractivity contribution in [1.82, 2.24) is 5.43 Å². The highest BCUT2D eigenvalue weighted by Gasteiger charge is 2.13. The van der Waals surface area contributed by atoms with Crippen molar-refractivity contribution in [1.29, 1.82) is 0 Å². The second-order valence-corrected chi connectivity index (χ2v) is 4.18. The minimum atomic E-state index is -0.600.